The van der Waals surface area contributed by atoms with E-state index in [0.717, 1.165) is 96.8 Å². The smallest absolute Gasteiger partial charge is 0.303 e. The Hall–Kier alpha value is -2.34. The number of hydrogen-bond acceptors (Lipinski definition) is 4. The van der Waals surface area contributed by atoms with Crippen LogP contribution in [0.25, 0.3) is 10.9 Å². The van der Waals surface area contributed by atoms with Crippen LogP contribution in [-0.2, 0) is 17.6 Å². The zero-order valence-electron chi connectivity index (χ0n) is 21.5. The highest BCUT2D eigenvalue weighted by molar-refractivity contribution is 6.35. The van der Waals surface area contributed by atoms with Crippen LogP contribution in [0.4, 0.5) is 0 Å². The van der Waals surface area contributed by atoms with Crippen molar-refractivity contribution in [3.63, 3.8) is 0 Å². The Balaban J connectivity index is 1.28. The Morgan fingerprint density at radius 3 is 2.65 bits per heavy atom. The quantitative estimate of drug-likeness (QED) is 0.243. The zero-order chi connectivity index (χ0) is 26.2. The maximum atomic E-state index is 11.6. The van der Waals surface area contributed by atoms with Crippen LogP contribution in [0, 0.1) is 11.8 Å². The Bertz CT molecular complexity index is 1180. The molecule has 0 saturated carbocycles. The van der Waals surface area contributed by atoms with Crippen molar-refractivity contribution in [1.82, 2.24) is 9.88 Å². The van der Waals surface area contributed by atoms with Gasteiger partial charge in [-0.25, -0.2) is 0 Å². The number of likely N-dealkylation sites (tertiary alicyclic amines) is 1. The number of ether oxygens (including phenoxy) is 1. The maximum absolute atomic E-state index is 11.6. The number of carboxylic acid groups (broad SMARTS) is 1. The average Bonchev–Trinajstić information content (AvgIpc) is 2.88. The van der Waals surface area contributed by atoms with Crippen molar-refractivity contribution in [3.8, 4) is 5.75 Å². The molecule has 7 heteroatoms. The molecule has 2 atom stereocenters. The molecule has 1 fully saturated rings. The third-order valence-corrected chi connectivity index (χ3v) is 8.39. The number of rotatable bonds is 12. The molecule has 2 heterocycles. The summed E-state index contributed by atoms with van der Waals surface area (Å²) in [4.78, 5) is 18.6. The minimum absolute atomic E-state index is 0.193. The van der Waals surface area contributed by atoms with Gasteiger partial charge in [-0.05, 0) is 117 Å². The van der Waals surface area contributed by atoms with Gasteiger partial charge in [0.05, 0.1) is 12.6 Å². The molecule has 2 aromatic carbocycles. The van der Waals surface area contributed by atoms with E-state index in [4.69, 9.17) is 27.9 Å². The van der Waals surface area contributed by atoms with Crippen molar-refractivity contribution in [3.05, 3.63) is 69.8 Å². The number of piperidine rings is 1. The fraction of sp³-hybridized carbons (Fsp3) is 0.467. The van der Waals surface area contributed by atoms with E-state index in [-0.39, 0.29) is 12.3 Å². The molecule has 1 aliphatic rings. The van der Waals surface area contributed by atoms with Crippen LogP contribution < -0.4 is 4.74 Å². The second-order valence-electron chi connectivity index (χ2n) is 10.1. The lowest BCUT2D eigenvalue weighted by Crippen LogP contribution is -2.41. The lowest BCUT2D eigenvalue weighted by Gasteiger charge is -2.38. The summed E-state index contributed by atoms with van der Waals surface area (Å²) < 4.78 is 5.41. The van der Waals surface area contributed by atoms with Gasteiger partial charge in [0.2, 0.25) is 0 Å². The average molecular weight is 544 g/mol. The van der Waals surface area contributed by atoms with Gasteiger partial charge in [0.25, 0.3) is 0 Å². The minimum atomic E-state index is -0.697. The summed E-state index contributed by atoms with van der Waals surface area (Å²) in [6.07, 6.45) is 9.13. The molecule has 0 unspecified atom stereocenters. The van der Waals surface area contributed by atoms with Gasteiger partial charge in [0.15, 0.2) is 0 Å². The molecular weight excluding hydrogens is 507 g/mol. The number of hydrogen-bond donors (Lipinski definition) is 1. The van der Waals surface area contributed by atoms with Gasteiger partial charge in [-0.3, -0.25) is 9.78 Å². The van der Waals surface area contributed by atoms with E-state index in [9.17, 15) is 9.90 Å². The number of carbonyl (C=O) groups is 1. The Morgan fingerprint density at radius 1 is 1.08 bits per heavy atom. The number of aliphatic carboxylic acids is 1. The molecule has 37 heavy (non-hydrogen) atoms. The predicted molar refractivity (Wildman–Crippen MR) is 151 cm³/mol. The van der Waals surface area contributed by atoms with E-state index in [1.54, 1.807) is 7.11 Å². The van der Waals surface area contributed by atoms with E-state index in [1.165, 1.54) is 5.56 Å². The minimum Gasteiger partial charge on any atom is -0.497 e. The van der Waals surface area contributed by atoms with E-state index in [1.807, 2.05) is 36.5 Å². The molecule has 0 amide bonds. The number of benzene rings is 2. The van der Waals surface area contributed by atoms with Crippen LogP contribution in [-0.4, -0.2) is 47.7 Å². The van der Waals surface area contributed by atoms with E-state index < -0.39 is 5.97 Å². The lowest BCUT2D eigenvalue weighted by atomic mass is 9.79. The molecule has 5 nitrogen and oxygen atoms in total. The molecule has 0 aliphatic carbocycles. The Labute approximate surface area is 229 Å². The molecule has 1 aromatic heterocycles. The molecule has 1 N–H and O–H groups in total. The third-order valence-electron chi connectivity index (χ3n) is 7.69. The number of aromatic nitrogens is 1. The molecule has 0 radical (unpaired) electrons. The first-order valence-corrected chi connectivity index (χ1v) is 14.0. The van der Waals surface area contributed by atoms with E-state index >= 15 is 0 Å². The standard InChI is InChI=1S/C30H36Cl2N2O3/c1-37-24-11-12-29-26(19-24)22(13-15-33-29)7-4-6-21-14-17-34(20-23(21)18-30(35)36)16-3-2-8-25-27(31)9-5-10-28(25)32/h5,9-13,15,19,21,23H,2-4,6-8,14,16-18,20H2,1H3,(H,35,36)/t21-,23+/m1/s1. The summed E-state index contributed by atoms with van der Waals surface area (Å²) in [5, 5.41) is 12.2. The highest BCUT2D eigenvalue weighted by Crippen LogP contribution is 2.32. The number of fused-ring (bicyclic) bond motifs is 1. The number of pyridine rings is 1. The normalized spacial score (nSPS) is 18.2. The van der Waals surface area contributed by atoms with Crippen molar-refractivity contribution < 1.29 is 14.6 Å². The fourth-order valence-corrected chi connectivity index (χ4v) is 6.27. The Kier molecular flexibility index (Phi) is 10.1. The van der Waals surface area contributed by atoms with Crippen LogP contribution in [0.3, 0.4) is 0 Å². The molecule has 0 spiro atoms. The van der Waals surface area contributed by atoms with Crippen LogP contribution in [0.15, 0.2) is 48.7 Å². The highest BCUT2D eigenvalue weighted by atomic mass is 35.5. The van der Waals surface area contributed by atoms with Gasteiger partial charge in [0, 0.05) is 34.6 Å². The predicted octanol–water partition coefficient (Wildman–Crippen LogP) is 7.31. The molecule has 1 saturated heterocycles. The van der Waals surface area contributed by atoms with Gasteiger partial charge in [-0.2, -0.15) is 0 Å². The largest absolute Gasteiger partial charge is 0.497 e. The summed E-state index contributed by atoms with van der Waals surface area (Å²) in [5.74, 6) is 0.776. The van der Waals surface area contributed by atoms with Crippen molar-refractivity contribution in [2.45, 2.75) is 51.4 Å². The van der Waals surface area contributed by atoms with Gasteiger partial charge in [-0.1, -0.05) is 29.3 Å². The summed E-state index contributed by atoms with van der Waals surface area (Å²) in [6.45, 7) is 2.87. The molecule has 198 valence electrons. The van der Waals surface area contributed by atoms with E-state index in [0.29, 0.717) is 5.92 Å². The SMILES string of the molecule is COc1ccc2nccc(CCC[C@@H]3CCN(CCCCc4c(Cl)cccc4Cl)C[C@@H]3CC(=O)O)c2c1. The van der Waals surface area contributed by atoms with Crippen molar-refractivity contribution in [2.24, 2.45) is 11.8 Å². The first-order chi connectivity index (χ1) is 17.9. The van der Waals surface area contributed by atoms with Crippen LogP contribution in [0.2, 0.25) is 10.0 Å². The van der Waals surface area contributed by atoms with Crippen LogP contribution in [0.5, 0.6) is 5.75 Å². The second-order valence-corrected chi connectivity index (χ2v) is 10.9. The molecule has 4 rings (SSSR count). The van der Waals surface area contributed by atoms with Gasteiger partial charge >= 0.3 is 5.97 Å². The van der Waals surface area contributed by atoms with Crippen molar-refractivity contribution in [2.75, 3.05) is 26.7 Å². The molecular formula is C30H36Cl2N2O3. The van der Waals surface area contributed by atoms with Crippen molar-refractivity contribution >= 4 is 40.1 Å². The van der Waals surface area contributed by atoms with Crippen molar-refractivity contribution in [1.29, 1.82) is 0 Å². The molecule has 1 aliphatic heterocycles. The number of unbranched alkanes of at least 4 members (excludes halogenated alkanes) is 1. The van der Waals surface area contributed by atoms with Crippen LogP contribution in [0.1, 0.15) is 49.7 Å². The Morgan fingerprint density at radius 2 is 1.89 bits per heavy atom. The fourth-order valence-electron chi connectivity index (χ4n) is 5.69. The van der Waals surface area contributed by atoms with E-state index in [2.05, 4.69) is 22.0 Å². The lowest BCUT2D eigenvalue weighted by molar-refractivity contribution is -0.139. The monoisotopic (exact) mass is 542 g/mol. The first-order valence-electron chi connectivity index (χ1n) is 13.2. The molecule has 0 bridgehead atoms. The van der Waals surface area contributed by atoms with Gasteiger partial charge in [0.1, 0.15) is 5.75 Å². The summed E-state index contributed by atoms with van der Waals surface area (Å²) in [6, 6.07) is 13.7. The zero-order valence-corrected chi connectivity index (χ0v) is 23.0. The summed E-state index contributed by atoms with van der Waals surface area (Å²) in [7, 11) is 1.68. The maximum Gasteiger partial charge on any atom is 0.303 e. The highest BCUT2D eigenvalue weighted by Gasteiger charge is 2.30. The number of aryl methyl sites for hydroxylation is 1. The van der Waals surface area contributed by atoms with Gasteiger partial charge in [-0.15, -0.1) is 0 Å². The molecule has 3 aromatic rings. The number of nitrogens with zero attached hydrogens (tertiary/aromatic N) is 2. The number of halogens is 2. The third kappa shape index (κ3) is 7.59. The summed E-state index contributed by atoms with van der Waals surface area (Å²) >= 11 is 12.6. The van der Waals surface area contributed by atoms with Crippen LogP contribution >= 0.6 is 23.2 Å². The first kappa shape index (κ1) is 27.7. The summed E-state index contributed by atoms with van der Waals surface area (Å²) in [5.41, 5.74) is 3.27. The number of methoxy groups -OCH3 is 1. The topological polar surface area (TPSA) is 62.7 Å². The number of carboxylic acids is 1. The second kappa shape index (κ2) is 13.5. The van der Waals surface area contributed by atoms with Gasteiger partial charge < -0.3 is 14.7 Å².